The second-order valence-corrected chi connectivity index (χ2v) is 2.16. The van der Waals surface area contributed by atoms with Crippen LogP contribution in [0.5, 0.6) is 0 Å². The van der Waals surface area contributed by atoms with Crippen LogP contribution in [0, 0.1) is 0 Å². The molecule has 0 aliphatic carbocycles. The van der Waals surface area contributed by atoms with Crippen molar-refractivity contribution in [3.63, 3.8) is 0 Å². The van der Waals surface area contributed by atoms with E-state index in [2.05, 4.69) is 0 Å². The maximum atomic E-state index is 10.1. The molecule has 0 saturated heterocycles. The lowest BCUT2D eigenvalue weighted by Gasteiger charge is -2.07. The zero-order valence-corrected chi connectivity index (χ0v) is 5.37. The average molecular weight is 132 g/mol. The molecule has 0 heterocycles. The first-order chi connectivity index (χ1) is 4.04. The fourth-order valence-corrected chi connectivity index (χ4v) is 0.501. The lowest BCUT2D eigenvalue weighted by atomic mass is 10.1. The Morgan fingerprint density at radius 2 is 2.11 bits per heavy atom. The summed E-state index contributed by atoms with van der Waals surface area (Å²) in [5.41, 5.74) is 10.4. The van der Waals surface area contributed by atoms with Gasteiger partial charge in [0.05, 0.1) is 0 Å². The third-order valence-corrected chi connectivity index (χ3v) is 0.943. The Balaban J connectivity index is 3.50. The van der Waals surface area contributed by atoms with Gasteiger partial charge < -0.3 is 16.6 Å². The SMILES string of the molecule is C[C@@H](N)C[C@@H](N)C(=O)O. The van der Waals surface area contributed by atoms with Crippen molar-refractivity contribution < 1.29 is 9.90 Å². The second kappa shape index (κ2) is 3.42. The Bertz CT molecular complexity index is 103. The lowest BCUT2D eigenvalue weighted by Crippen LogP contribution is -2.35. The summed E-state index contributed by atoms with van der Waals surface area (Å²) in [5, 5.41) is 8.25. The Morgan fingerprint density at radius 1 is 1.67 bits per heavy atom. The van der Waals surface area contributed by atoms with Crippen molar-refractivity contribution in [2.24, 2.45) is 11.5 Å². The molecule has 0 spiro atoms. The van der Waals surface area contributed by atoms with Crippen molar-refractivity contribution in [1.82, 2.24) is 0 Å². The van der Waals surface area contributed by atoms with E-state index in [4.69, 9.17) is 16.6 Å². The molecule has 0 aliphatic heterocycles. The molecule has 5 N–H and O–H groups in total. The molecule has 0 rings (SSSR count). The zero-order valence-electron chi connectivity index (χ0n) is 5.37. The van der Waals surface area contributed by atoms with Gasteiger partial charge in [-0.15, -0.1) is 0 Å². The minimum absolute atomic E-state index is 0.143. The van der Waals surface area contributed by atoms with Crippen LogP contribution in [0.1, 0.15) is 13.3 Å². The standard InChI is InChI=1S/C5H12N2O2/c1-3(6)2-4(7)5(8)9/h3-4H,2,6-7H2,1H3,(H,8,9)/t3-,4-/m1/s1. The molecule has 0 amide bonds. The first-order valence-corrected chi connectivity index (χ1v) is 2.78. The van der Waals surface area contributed by atoms with Crippen molar-refractivity contribution in [2.75, 3.05) is 0 Å². The highest BCUT2D eigenvalue weighted by Gasteiger charge is 2.12. The molecule has 9 heavy (non-hydrogen) atoms. The molecule has 0 unspecified atom stereocenters. The van der Waals surface area contributed by atoms with Crippen LogP contribution in [0.15, 0.2) is 0 Å². The van der Waals surface area contributed by atoms with E-state index in [1.807, 2.05) is 0 Å². The summed E-state index contributed by atoms with van der Waals surface area (Å²) in [6.45, 7) is 1.72. The van der Waals surface area contributed by atoms with Crippen LogP contribution in [0.25, 0.3) is 0 Å². The first kappa shape index (κ1) is 8.39. The molecular formula is C5H12N2O2. The molecule has 2 atom stereocenters. The maximum absolute atomic E-state index is 10.1. The van der Waals surface area contributed by atoms with Gasteiger partial charge in [-0.1, -0.05) is 0 Å². The smallest absolute Gasteiger partial charge is 0.320 e. The number of hydrogen-bond acceptors (Lipinski definition) is 3. The lowest BCUT2D eigenvalue weighted by molar-refractivity contribution is -0.138. The number of carboxylic acid groups (broad SMARTS) is 1. The van der Waals surface area contributed by atoms with Crippen LogP contribution in [-0.2, 0) is 4.79 Å². The van der Waals surface area contributed by atoms with E-state index >= 15 is 0 Å². The van der Waals surface area contributed by atoms with Crippen LogP contribution in [0.2, 0.25) is 0 Å². The van der Waals surface area contributed by atoms with Gasteiger partial charge in [-0.3, -0.25) is 4.79 Å². The molecule has 0 fully saturated rings. The number of aliphatic carboxylic acids is 1. The fraction of sp³-hybridized carbons (Fsp3) is 0.800. The number of rotatable bonds is 3. The Morgan fingerprint density at radius 3 is 2.22 bits per heavy atom. The molecule has 0 radical (unpaired) electrons. The van der Waals surface area contributed by atoms with Gasteiger partial charge in [0.15, 0.2) is 0 Å². The van der Waals surface area contributed by atoms with Crippen molar-refractivity contribution in [3.05, 3.63) is 0 Å². The molecule has 0 bridgehead atoms. The van der Waals surface area contributed by atoms with Gasteiger partial charge in [0.1, 0.15) is 6.04 Å². The van der Waals surface area contributed by atoms with Gasteiger partial charge in [0, 0.05) is 6.04 Å². The minimum Gasteiger partial charge on any atom is -0.480 e. The minimum atomic E-state index is -0.993. The van der Waals surface area contributed by atoms with Crippen molar-refractivity contribution in [3.8, 4) is 0 Å². The molecule has 4 nitrogen and oxygen atoms in total. The van der Waals surface area contributed by atoms with Crippen LogP contribution in [0.3, 0.4) is 0 Å². The Labute approximate surface area is 53.8 Å². The molecule has 0 aromatic heterocycles. The van der Waals surface area contributed by atoms with Gasteiger partial charge in [-0.2, -0.15) is 0 Å². The highest BCUT2D eigenvalue weighted by Crippen LogP contribution is 1.90. The summed E-state index contributed by atoms with van der Waals surface area (Å²) >= 11 is 0. The van der Waals surface area contributed by atoms with E-state index in [0.29, 0.717) is 6.42 Å². The number of carbonyl (C=O) groups is 1. The second-order valence-electron chi connectivity index (χ2n) is 2.16. The maximum Gasteiger partial charge on any atom is 0.320 e. The summed E-state index contributed by atoms with van der Waals surface area (Å²) < 4.78 is 0. The van der Waals surface area contributed by atoms with Crippen LogP contribution >= 0.6 is 0 Å². The van der Waals surface area contributed by atoms with Crippen molar-refractivity contribution >= 4 is 5.97 Å². The van der Waals surface area contributed by atoms with E-state index in [0.717, 1.165) is 0 Å². The normalized spacial score (nSPS) is 16.8. The molecule has 0 aromatic carbocycles. The zero-order chi connectivity index (χ0) is 7.44. The monoisotopic (exact) mass is 132 g/mol. The van der Waals surface area contributed by atoms with E-state index in [-0.39, 0.29) is 6.04 Å². The summed E-state index contributed by atoms with van der Waals surface area (Å²) in [7, 11) is 0. The largest absolute Gasteiger partial charge is 0.480 e. The molecule has 4 heteroatoms. The van der Waals surface area contributed by atoms with E-state index < -0.39 is 12.0 Å². The molecule has 54 valence electrons. The number of nitrogens with two attached hydrogens (primary N) is 2. The summed E-state index contributed by atoms with van der Waals surface area (Å²) in [6.07, 6.45) is 0.329. The molecule has 0 aromatic rings. The number of carboxylic acids is 1. The summed E-state index contributed by atoms with van der Waals surface area (Å²) in [5.74, 6) is -0.993. The van der Waals surface area contributed by atoms with E-state index in [1.165, 1.54) is 0 Å². The Hall–Kier alpha value is -0.610. The third kappa shape index (κ3) is 3.93. The quantitative estimate of drug-likeness (QED) is 0.466. The number of hydrogen-bond donors (Lipinski definition) is 3. The van der Waals surface area contributed by atoms with Gasteiger partial charge >= 0.3 is 5.97 Å². The van der Waals surface area contributed by atoms with Crippen LogP contribution in [0.4, 0.5) is 0 Å². The Kier molecular flexibility index (Phi) is 3.19. The van der Waals surface area contributed by atoms with E-state index in [1.54, 1.807) is 6.92 Å². The predicted molar refractivity (Wildman–Crippen MR) is 33.9 cm³/mol. The predicted octanol–water partition coefficient (Wildman–Crippen LogP) is -0.864. The fourth-order valence-electron chi connectivity index (χ4n) is 0.501. The van der Waals surface area contributed by atoms with Gasteiger partial charge in [-0.25, -0.2) is 0 Å². The van der Waals surface area contributed by atoms with Gasteiger partial charge in [0.2, 0.25) is 0 Å². The molecular weight excluding hydrogens is 120 g/mol. The molecule has 0 aliphatic rings. The first-order valence-electron chi connectivity index (χ1n) is 2.78. The summed E-state index contributed by atoms with van der Waals surface area (Å²) in [6, 6.07) is -0.957. The molecule has 0 saturated carbocycles. The summed E-state index contributed by atoms with van der Waals surface area (Å²) in [4.78, 5) is 10.1. The van der Waals surface area contributed by atoms with Crippen LogP contribution in [-0.4, -0.2) is 23.2 Å². The average Bonchev–Trinajstić information content (AvgIpc) is 1.63. The highest BCUT2D eigenvalue weighted by atomic mass is 16.4. The van der Waals surface area contributed by atoms with Gasteiger partial charge in [-0.05, 0) is 13.3 Å². The van der Waals surface area contributed by atoms with Crippen molar-refractivity contribution in [1.29, 1.82) is 0 Å². The van der Waals surface area contributed by atoms with Gasteiger partial charge in [0.25, 0.3) is 0 Å². The van der Waals surface area contributed by atoms with E-state index in [9.17, 15) is 4.79 Å². The topological polar surface area (TPSA) is 89.3 Å². The van der Waals surface area contributed by atoms with Crippen LogP contribution < -0.4 is 11.5 Å². The highest BCUT2D eigenvalue weighted by molar-refractivity contribution is 5.73. The third-order valence-electron chi connectivity index (χ3n) is 0.943. The van der Waals surface area contributed by atoms with Crippen molar-refractivity contribution in [2.45, 2.75) is 25.4 Å².